The second-order valence-electron chi connectivity index (χ2n) is 4.18. The fraction of sp³-hybridized carbons (Fsp3) is 0.417. The van der Waals surface area contributed by atoms with Crippen LogP contribution in [0, 0.1) is 0 Å². The largest absolute Gasteiger partial charge is 0.485 e. The number of tetrazole rings is 1. The normalized spacial score (nSPS) is 10.8. The standard InChI is InChI=1S/C12H16N4O/c1-9(2)10-6-4-5-7-11(10)17-8-12-13-15-16(3)14-12/h4-7,9H,8H2,1-3H3. The van der Waals surface area contributed by atoms with E-state index in [-0.39, 0.29) is 0 Å². The van der Waals surface area contributed by atoms with Crippen LogP contribution in [0.5, 0.6) is 5.75 Å². The number of hydrogen-bond donors (Lipinski definition) is 0. The second-order valence-corrected chi connectivity index (χ2v) is 4.18. The quantitative estimate of drug-likeness (QED) is 0.808. The van der Waals surface area contributed by atoms with Gasteiger partial charge in [-0.05, 0) is 22.8 Å². The van der Waals surface area contributed by atoms with E-state index in [1.165, 1.54) is 10.4 Å². The monoisotopic (exact) mass is 232 g/mol. The van der Waals surface area contributed by atoms with Gasteiger partial charge in [0.2, 0.25) is 5.82 Å². The molecule has 0 fully saturated rings. The van der Waals surface area contributed by atoms with Crippen molar-refractivity contribution in [3.8, 4) is 5.75 Å². The number of benzene rings is 1. The molecule has 0 aliphatic rings. The Bertz CT molecular complexity index is 493. The zero-order chi connectivity index (χ0) is 12.3. The molecule has 5 heteroatoms. The molecule has 0 saturated heterocycles. The molecule has 1 aromatic carbocycles. The van der Waals surface area contributed by atoms with Gasteiger partial charge in [-0.1, -0.05) is 32.0 Å². The van der Waals surface area contributed by atoms with Crippen molar-refractivity contribution in [3.05, 3.63) is 35.7 Å². The third kappa shape index (κ3) is 2.81. The van der Waals surface area contributed by atoms with Gasteiger partial charge in [0.25, 0.3) is 0 Å². The molecule has 0 bridgehead atoms. The van der Waals surface area contributed by atoms with Gasteiger partial charge in [-0.3, -0.25) is 0 Å². The number of aromatic nitrogens is 4. The molecular formula is C12H16N4O. The van der Waals surface area contributed by atoms with Crippen LogP contribution >= 0.6 is 0 Å². The molecular weight excluding hydrogens is 216 g/mol. The van der Waals surface area contributed by atoms with Crippen LogP contribution in [0.25, 0.3) is 0 Å². The van der Waals surface area contributed by atoms with Crippen molar-refractivity contribution >= 4 is 0 Å². The van der Waals surface area contributed by atoms with Crippen LogP contribution in [0.4, 0.5) is 0 Å². The van der Waals surface area contributed by atoms with E-state index in [0.717, 1.165) is 5.75 Å². The fourth-order valence-electron chi connectivity index (χ4n) is 1.61. The SMILES string of the molecule is CC(C)c1ccccc1OCc1nnn(C)n1. The molecule has 0 unspecified atom stereocenters. The van der Waals surface area contributed by atoms with Crippen molar-refractivity contribution in [2.24, 2.45) is 7.05 Å². The van der Waals surface area contributed by atoms with Crippen LogP contribution in [-0.4, -0.2) is 20.2 Å². The van der Waals surface area contributed by atoms with Crippen molar-refractivity contribution in [2.75, 3.05) is 0 Å². The smallest absolute Gasteiger partial charge is 0.212 e. The Labute approximate surface area is 100 Å². The van der Waals surface area contributed by atoms with Gasteiger partial charge in [0, 0.05) is 0 Å². The molecule has 0 N–H and O–H groups in total. The van der Waals surface area contributed by atoms with E-state index in [2.05, 4.69) is 35.3 Å². The molecule has 90 valence electrons. The number of para-hydroxylation sites is 1. The van der Waals surface area contributed by atoms with Gasteiger partial charge < -0.3 is 4.74 Å². The summed E-state index contributed by atoms with van der Waals surface area (Å²) in [7, 11) is 1.73. The van der Waals surface area contributed by atoms with E-state index >= 15 is 0 Å². The summed E-state index contributed by atoms with van der Waals surface area (Å²) in [6.07, 6.45) is 0. The first-order valence-corrected chi connectivity index (χ1v) is 5.61. The Morgan fingerprint density at radius 2 is 2.06 bits per heavy atom. The highest BCUT2D eigenvalue weighted by Crippen LogP contribution is 2.26. The number of hydrogen-bond acceptors (Lipinski definition) is 4. The molecule has 0 amide bonds. The lowest BCUT2D eigenvalue weighted by Crippen LogP contribution is -2.02. The van der Waals surface area contributed by atoms with Gasteiger partial charge in [-0.15, -0.1) is 10.2 Å². The highest BCUT2D eigenvalue weighted by molar-refractivity contribution is 5.35. The van der Waals surface area contributed by atoms with Crippen molar-refractivity contribution < 1.29 is 4.74 Å². The van der Waals surface area contributed by atoms with E-state index in [1.807, 2.05) is 18.2 Å². The van der Waals surface area contributed by atoms with Gasteiger partial charge in [0.15, 0.2) is 6.61 Å². The maximum absolute atomic E-state index is 5.72. The molecule has 1 heterocycles. The molecule has 0 spiro atoms. The summed E-state index contributed by atoms with van der Waals surface area (Å²) in [4.78, 5) is 1.42. The van der Waals surface area contributed by atoms with Gasteiger partial charge in [-0.25, -0.2) is 0 Å². The highest BCUT2D eigenvalue weighted by atomic mass is 16.5. The van der Waals surface area contributed by atoms with Gasteiger partial charge in [-0.2, -0.15) is 4.80 Å². The van der Waals surface area contributed by atoms with E-state index in [1.54, 1.807) is 7.05 Å². The van der Waals surface area contributed by atoms with Crippen LogP contribution in [0.15, 0.2) is 24.3 Å². The van der Waals surface area contributed by atoms with Crippen LogP contribution in [0.2, 0.25) is 0 Å². The molecule has 0 atom stereocenters. The number of nitrogens with zero attached hydrogens (tertiary/aromatic N) is 4. The maximum Gasteiger partial charge on any atom is 0.212 e. The average Bonchev–Trinajstić information content (AvgIpc) is 2.73. The summed E-state index contributed by atoms with van der Waals surface area (Å²) in [6.45, 7) is 4.63. The first-order chi connectivity index (χ1) is 8.16. The second kappa shape index (κ2) is 4.95. The molecule has 0 radical (unpaired) electrons. The predicted octanol–water partition coefficient (Wildman–Crippen LogP) is 1.91. The third-order valence-corrected chi connectivity index (χ3v) is 2.45. The minimum atomic E-state index is 0.345. The van der Waals surface area contributed by atoms with Crippen molar-refractivity contribution in [2.45, 2.75) is 26.4 Å². The summed E-state index contributed by atoms with van der Waals surface area (Å²) in [5.41, 5.74) is 1.19. The van der Waals surface area contributed by atoms with Crippen molar-refractivity contribution in [1.82, 2.24) is 20.2 Å². The van der Waals surface area contributed by atoms with Crippen molar-refractivity contribution in [1.29, 1.82) is 0 Å². The summed E-state index contributed by atoms with van der Waals surface area (Å²) in [5, 5.41) is 11.7. The number of aryl methyl sites for hydroxylation is 1. The Balaban J connectivity index is 2.08. The number of rotatable bonds is 4. The lowest BCUT2D eigenvalue weighted by molar-refractivity contribution is 0.291. The first kappa shape index (κ1) is 11.6. The third-order valence-electron chi connectivity index (χ3n) is 2.45. The lowest BCUT2D eigenvalue weighted by Gasteiger charge is -2.12. The molecule has 2 rings (SSSR count). The Kier molecular flexibility index (Phi) is 3.37. The minimum absolute atomic E-state index is 0.345. The summed E-state index contributed by atoms with van der Waals surface area (Å²) in [6, 6.07) is 8.02. The Morgan fingerprint density at radius 3 is 2.71 bits per heavy atom. The average molecular weight is 232 g/mol. The molecule has 0 aliphatic carbocycles. The van der Waals surface area contributed by atoms with Gasteiger partial charge >= 0.3 is 0 Å². The van der Waals surface area contributed by atoms with Gasteiger partial charge in [0.05, 0.1) is 7.05 Å². The fourth-order valence-corrected chi connectivity index (χ4v) is 1.61. The summed E-state index contributed by atoms with van der Waals surface area (Å²) >= 11 is 0. The minimum Gasteiger partial charge on any atom is -0.485 e. The summed E-state index contributed by atoms with van der Waals surface area (Å²) in [5.74, 6) is 1.90. The zero-order valence-corrected chi connectivity index (χ0v) is 10.3. The maximum atomic E-state index is 5.72. The summed E-state index contributed by atoms with van der Waals surface area (Å²) < 4.78 is 5.72. The predicted molar refractivity (Wildman–Crippen MR) is 63.7 cm³/mol. The van der Waals surface area contributed by atoms with E-state index in [9.17, 15) is 0 Å². The van der Waals surface area contributed by atoms with E-state index in [4.69, 9.17) is 4.74 Å². The molecule has 0 aliphatic heterocycles. The molecule has 17 heavy (non-hydrogen) atoms. The van der Waals surface area contributed by atoms with Crippen LogP contribution < -0.4 is 4.74 Å². The number of ether oxygens (including phenoxy) is 1. The van der Waals surface area contributed by atoms with Gasteiger partial charge in [0.1, 0.15) is 5.75 Å². The molecule has 2 aromatic rings. The van der Waals surface area contributed by atoms with E-state index in [0.29, 0.717) is 18.3 Å². The molecule has 5 nitrogen and oxygen atoms in total. The molecule has 1 aromatic heterocycles. The van der Waals surface area contributed by atoms with E-state index < -0.39 is 0 Å². The first-order valence-electron chi connectivity index (χ1n) is 5.61. The lowest BCUT2D eigenvalue weighted by atomic mass is 10.0. The van der Waals surface area contributed by atoms with Crippen LogP contribution in [-0.2, 0) is 13.7 Å². The zero-order valence-electron chi connectivity index (χ0n) is 10.3. The molecule has 0 saturated carbocycles. The van der Waals surface area contributed by atoms with Crippen LogP contribution in [0.3, 0.4) is 0 Å². The highest BCUT2D eigenvalue weighted by Gasteiger charge is 2.08. The Hall–Kier alpha value is -1.91. The van der Waals surface area contributed by atoms with Crippen LogP contribution in [0.1, 0.15) is 31.2 Å². The van der Waals surface area contributed by atoms with Crippen molar-refractivity contribution in [3.63, 3.8) is 0 Å². The Morgan fingerprint density at radius 1 is 1.29 bits per heavy atom. The topological polar surface area (TPSA) is 52.8 Å².